The van der Waals surface area contributed by atoms with E-state index in [4.69, 9.17) is 5.11 Å². The van der Waals surface area contributed by atoms with Crippen LogP contribution in [-0.2, 0) is 17.8 Å². The first-order valence-electron chi connectivity index (χ1n) is 5.79. The van der Waals surface area contributed by atoms with Gasteiger partial charge < -0.3 is 9.67 Å². The standard InChI is InChI=1S/C12H20N2O2/c1-4-6-14-7-5-13-11(14)8-10(9(2)3)12(15)16/h5,7,9-10H,4,6,8H2,1-3H3,(H,15,16). The molecule has 0 aromatic carbocycles. The molecule has 1 atom stereocenters. The molecule has 90 valence electrons. The van der Waals surface area contributed by atoms with E-state index in [1.807, 2.05) is 24.6 Å². The highest BCUT2D eigenvalue weighted by Crippen LogP contribution is 2.17. The van der Waals surface area contributed by atoms with E-state index in [2.05, 4.69) is 11.9 Å². The van der Waals surface area contributed by atoms with Crippen LogP contribution in [0, 0.1) is 11.8 Å². The normalized spacial score (nSPS) is 13.0. The molecular formula is C12H20N2O2. The van der Waals surface area contributed by atoms with Crippen molar-refractivity contribution < 1.29 is 9.90 Å². The molecule has 0 bridgehead atoms. The van der Waals surface area contributed by atoms with Crippen molar-refractivity contribution in [3.63, 3.8) is 0 Å². The van der Waals surface area contributed by atoms with Gasteiger partial charge in [0.05, 0.1) is 5.92 Å². The maximum Gasteiger partial charge on any atom is 0.307 e. The maximum absolute atomic E-state index is 11.1. The molecular weight excluding hydrogens is 204 g/mol. The number of carboxylic acid groups (broad SMARTS) is 1. The molecule has 1 aromatic heterocycles. The molecule has 1 heterocycles. The number of aliphatic carboxylic acids is 1. The van der Waals surface area contributed by atoms with E-state index in [9.17, 15) is 4.79 Å². The highest BCUT2D eigenvalue weighted by atomic mass is 16.4. The molecule has 0 amide bonds. The Balaban J connectivity index is 2.77. The van der Waals surface area contributed by atoms with Gasteiger partial charge in [-0.2, -0.15) is 0 Å². The number of carbonyl (C=O) groups is 1. The largest absolute Gasteiger partial charge is 0.481 e. The van der Waals surface area contributed by atoms with Crippen molar-refractivity contribution in [3.8, 4) is 0 Å². The van der Waals surface area contributed by atoms with Crippen LogP contribution in [0.25, 0.3) is 0 Å². The first-order chi connectivity index (χ1) is 7.56. The lowest BCUT2D eigenvalue weighted by molar-refractivity contribution is -0.143. The molecule has 4 nitrogen and oxygen atoms in total. The van der Waals surface area contributed by atoms with Crippen LogP contribution in [0.5, 0.6) is 0 Å². The van der Waals surface area contributed by atoms with Crippen LogP contribution in [0.15, 0.2) is 12.4 Å². The molecule has 0 radical (unpaired) electrons. The second-order valence-corrected chi connectivity index (χ2v) is 4.43. The van der Waals surface area contributed by atoms with Crippen molar-refractivity contribution in [3.05, 3.63) is 18.2 Å². The van der Waals surface area contributed by atoms with Crippen LogP contribution < -0.4 is 0 Å². The van der Waals surface area contributed by atoms with Crippen LogP contribution in [0.3, 0.4) is 0 Å². The average molecular weight is 224 g/mol. The number of hydrogen-bond acceptors (Lipinski definition) is 2. The predicted molar refractivity (Wildman–Crippen MR) is 62.2 cm³/mol. The summed E-state index contributed by atoms with van der Waals surface area (Å²) in [6.07, 6.45) is 5.20. The highest BCUT2D eigenvalue weighted by molar-refractivity contribution is 5.70. The monoisotopic (exact) mass is 224 g/mol. The molecule has 0 saturated carbocycles. The van der Waals surface area contributed by atoms with Gasteiger partial charge in [-0.15, -0.1) is 0 Å². The quantitative estimate of drug-likeness (QED) is 0.805. The lowest BCUT2D eigenvalue weighted by Gasteiger charge is -2.16. The molecule has 4 heteroatoms. The Morgan fingerprint density at radius 3 is 2.75 bits per heavy atom. The van der Waals surface area contributed by atoms with E-state index in [0.29, 0.717) is 6.42 Å². The minimum Gasteiger partial charge on any atom is -0.481 e. The van der Waals surface area contributed by atoms with E-state index < -0.39 is 5.97 Å². The van der Waals surface area contributed by atoms with E-state index in [-0.39, 0.29) is 11.8 Å². The lowest BCUT2D eigenvalue weighted by Crippen LogP contribution is -2.23. The summed E-state index contributed by atoms with van der Waals surface area (Å²) < 4.78 is 2.04. The summed E-state index contributed by atoms with van der Waals surface area (Å²) in [5.74, 6) is -0.0775. The molecule has 1 N–H and O–H groups in total. The van der Waals surface area contributed by atoms with Crippen LogP contribution in [-0.4, -0.2) is 20.6 Å². The Morgan fingerprint density at radius 1 is 1.56 bits per heavy atom. The van der Waals surface area contributed by atoms with Crippen molar-refractivity contribution in [1.29, 1.82) is 0 Å². The highest BCUT2D eigenvalue weighted by Gasteiger charge is 2.23. The van der Waals surface area contributed by atoms with Crippen LogP contribution in [0.2, 0.25) is 0 Å². The van der Waals surface area contributed by atoms with Gasteiger partial charge in [0, 0.05) is 25.4 Å². The van der Waals surface area contributed by atoms with Gasteiger partial charge in [-0.25, -0.2) is 4.98 Å². The summed E-state index contributed by atoms with van der Waals surface area (Å²) in [4.78, 5) is 15.3. The van der Waals surface area contributed by atoms with E-state index in [1.165, 1.54) is 0 Å². The fourth-order valence-corrected chi connectivity index (χ4v) is 1.78. The van der Waals surface area contributed by atoms with E-state index >= 15 is 0 Å². The minimum absolute atomic E-state index is 0.129. The zero-order valence-electron chi connectivity index (χ0n) is 10.2. The number of imidazole rings is 1. The number of hydrogen-bond donors (Lipinski definition) is 1. The zero-order chi connectivity index (χ0) is 12.1. The third kappa shape index (κ3) is 3.08. The van der Waals surface area contributed by atoms with Gasteiger partial charge in [0.15, 0.2) is 0 Å². The topological polar surface area (TPSA) is 55.1 Å². The summed E-state index contributed by atoms with van der Waals surface area (Å²) >= 11 is 0. The average Bonchev–Trinajstić information content (AvgIpc) is 2.61. The summed E-state index contributed by atoms with van der Waals surface area (Å²) in [6, 6.07) is 0. The Bertz CT molecular complexity index is 345. The smallest absolute Gasteiger partial charge is 0.307 e. The summed E-state index contributed by atoms with van der Waals surface area (Å²) in [7, 11) is 0. The van der Waals surface area contributed by atoms with E-state index in [1.54, 1.807) is 6.20 Å². The van der Waals surface area contributed by atoms with Crippen LogP contribution >= 0.6 is 0 Å². The molecule has 1 unspecified atom stereocenters. The van der Waals surface area contributed by atoms with Gasteiger partial charge in [0.1, 0.15) is 5.82 Å². The van der Waals surface area contributed by atoms with Gasteiger partial charge in [0.2, 0.25) is 0 Å². The Morgan fingerprint density at radius 2 is 2.25 bits per heavy atom. The SMILES string of the molecule is CCCn1ccnc1CC(C(=O)O)C(C)C. The number of carboxylic acids is 1. The minimum atomic E-state index is -0.735. The van der Waals surface area contributed by atoms with Crippen LogP contribution in [0.1, 0.15) is 33.0 Å². The summed E-state index contributed by atoms with van der Waals surface area (Å²) in [5.41, 5.74) is 0. The number of aromatic nitrogens is 2. The molecule has 16 heavy (non-hydrogen) atoms. The number of rotatable bonds is 6. The van der Waals surface area contributed by atoms with Crippen molar-refractivity contribution in [2.75, 3.05) is 0 Å². The van der Waals surface area contributed by atoms with Gasteiger partial charge in [0.25, 0.3) is 0 Å². The van der Waals surface area contributed by atoms with Gasteiger partial charge in [-0.1, -0.05) is 20.8 Å². The van der Waals surface area contributed by atoms with E-state index in [0.717, 1.165) is 18.8 Å². The fourth-order valence-electron chi connectivity index (χ4n) is 1.78. The second kappa shape index (κ2) is 5.68. The molecule has 0 aliphatic rings. The number of aryl methyl sites for hydroxylation is 1. The molecule has 0 fully saturated rings. The van der Waals surface area contributed by atoms with Crippen molar-refractivity contribution >= 4 is 5.97 Å². The van der Waals surface area contributed by atoms with Crippen molar-refractivity contribution in [2.45, 2.75) is 40.2 Å². The van der Waals surface area contributed by atoms with Crippen molar-refractivity contribution in [1.82, 2.24) is 9.55 Å². The maximum atomic E-state index is 11.1. The molecule has 0 spiro atoms. The third-order valence-electron chi connectivity index (χ3n) is 2.79. The van der Waals surface area contributed by atoms with Gasteiger partial charge >= 0.3 is 5.97 Å². The van der Waals surface area contributed by atoms with Gasteiger partial charge in [-0.3, -0.25) is 4.79 Å². The molecule has 1 aromatic rings. The Labute approximate surface area is 96.3 Å². The molecule has 0 aliphatic heterocycles. The van der Waals surface area contributed by atoms with Crippen LogP contribution in [0.4, 0.5) is 0 Å². The third-order valence-corrected chi connectivity index (χ3v) is 2.79. The summed E-state index contributed by atoms with van der Waals surface area (Å²) in [6.45, 7) is 6.87. The first kappa shape index (κ1) is 12.7. The summed E-state index contributed by atoms with van der Waals surface area (Å²) in [5, 5.41) is 9.13. The Kier molecular flexibility index (Phi) is 4.52. The lowest BCUT2D eigenvalue weighted by atomic mass is 9.92. The predicted octanol–water partition coefficient (Wildman–Crippen LogP) is 2.19. The first-order valence-corrected chi connectivity index (χ1v) is 5.79. The molecule has 1 rings (SSSR count). The second-order valence-electron chi connectivity index (χ2n) is 4.43. The fraction of sp³-hybridized carbons (Fsp3) is 0.667. The molecule has 0 saturated heterocycles. The Hall–Kier alpha value is -1.32. The van der Waals surface area contributed by atoms with Crippen molar-refractivity contribution in [2.24, 2.45) is 11.8 Å². The number of nitrogens with zero attached hydrogens (tertiary/aromatic N) is 2. The zero-order valence-corrected chi connectivity index (χ0v) is 10.2. The van der Waals surface area contributed by atoms with Gasteiger partial charge in [-0.05, 0) is 12.3 Å². The molecule has 0 aliphatic carbocycles.